The summed E-state index contributed by atoms with van der Waals surface area (Å²) in [5.74, 6) is -0.511. The molecule has 11 heteroatoms. The molecule has 0 aliphatic carbocycles. The minimum atomic E-state index is -0.880. The number of rotatable bonds is 9. The molecule has 5 amide bonds. The molecule has 0 aliphatic rings. The molecule has 35 heavy (non-hydrogen) atoms. The van der Waals surface area contributed by atoms with E-state index in [4.69, 9.17) is 17.2 Å². The van der Waals surface area contributed by atoms with Crippen LogP contribution in [0.1, 0.15) is 25.0 Å². The number of urea groups is 2. The highest BCUT2D eigenvalue weighted by atomic mass is 16.5. The third-order valence-corrected chi connectivity index (χ3v) is 4.18. The Bertz CT molecular complexity index is 896. The highest BCUT2D eigenvalue weighted by Crippen LogP contribution is 2.05. The van der Waals surface area contributed by atoms with E-state index in [0.717, 1.165) is 11.1 Å². The van der Waals surface area contributed by atoms with Gasteiger partial charge in [-0.25, -0.2) is 19.2 Å². The number of methoxy groups -OCH3 is 1. The third kappa shape index (κ3) is 15.2. The van der Waals surface area contributed by atoms with E-state index in [1.165, 1.54) is 7.11 Å². The van der Waals surface area contributed by atoms with E-state index in [9.17, 15) is 19.2 Å². The Morgan fingerprint density at radius 3 is 1.63 bits per heavy atom. The summed E-state index contributed by atoms with van der Waals surface area (Å²) in [5.41, 5.74) is 16.8. The van der Waals surface area contributed by atoms with Crippen LogP contribution >= 0.6 is 0 Å². The van der Waals surface area contributed by atoms with Crippen molar-refractivity contribution >= 4 is 24.1 Å². The van der Waals surface area contributed by atoms with E-state index >= 15 is 0 Å². The Hall–Kier alpha value is -4.28. The van der Waals surface area contributed by atoms with E-state index in [0.29, 0.717) is 12.8 Å². The summed E-state index contributed by atoms with van der Waals surface area (Å²) in [5, 5.41) is 4.83. The van der Waals surface area contributed by atoms with Crippen LogP contribution in [0.2, 0.25) is 0 Å². The van der Waals surface area contributed by atoms with Gasteiger partial charge in [0, 0.05) is 6.42 Å². The van der Waals surface area contributed by atoms with Crippen molar-refractivity contribution in [2.75, 3.05) is 13.7 Å². The Labute approximate surface area is 205 Å². The lowest BCUT2D eigenvalue weighted by Gasteiger charge is -2.16. The number of nitrogens with two attached hydrogens (primary N) is 3. The summed E-state index contributed by atoms with van der Waals surface area (Å²) < 4.78 is 9.22. The zero-order valence-electron chi connectivity index (χ0n) is 20.2. The van der Waals surface area contributed by atoms with Crippen molar-refractivity contribution in [3.8, 4) is 0 Å². The van der Waals surface area contributed by atoms with Crippen molar-refractivity contribution < 1.29 is 28.7 Å². The van der Waals surface area contributed by atoms with Gasteiger partial charge in [0.15, 0.2) is 0 Å². The van der Waals surface area contributed by atoms with Crippen molar-refractivity contribution in [2.24, 2.45) is 17.2 Å². The lowest BCUT2D eigenvalue weighted by molar-refractivity contribution is -0.142. The summed E-state index contributed by atoms with van der Waals surface area (Å²) in [6.45, 7) is 3.99. The number of carbonyl (C=O) groups excluding carboxylic acids is 4. The number of amides is 5. The van der Waals surface area contributed by atoms with Gasteiger partial charge < -0.3 is 37.3 Å². The summed E-state index contributed by atoms with van der Waals surface area (Å²) in [7, 11) is 1.27. The van der Waals surface area contributed by atoms with Gasteiger partial charge in [-0.15, -0.1) is 0 Å². The highest BCUT2D eigenvalue weighted by Gasteiger charge is 2.20. The maximum absolute atomic E-state index is 11.4. The molecule has 0 fully saturated rings. The maximum Gasteiger partial charge on any atom is 0.404 e. The topological polar surface area (TPSA) is 189 Å². The van der Waals surface area contributed by atoms with Gasteiger partial charge in [0.1, 0.15) is 12.6 Å². The van der Waals surface area contributed by atoms with Crippen LogP contribution in [0.5, 0.6) is 0 Å². The Kier molecular flexibility index (Phi) is 16.0. The summed E-state index contributed by atoms with van der Waals surface area (Å²) in [6.07, 6.45) is -0.0117. The van der Waals surface area contributed by atoms with Crippen LogP contribution in [0.15, 0.2) is 60.7 Å². The molecule has 2 aromatic carbocycles. The standard InChI is InChI=1S/C11H15N3O3.C11H14N2O3.C2H6/c12-10(15)14-9(7-17-11(13)16)6-8-4-2-1-3-5-8;1-16-10(14)9(13-11(12)15)7-8-5-3-2-4-6-8;1-2/h1-5,9H,6-7H2,(H2,13,16)(H3,12,14,15);2-6,9H,7H2,1H3,(H3,12,13,15);1-2H3/t2*9-;/m11./s1. The van der Waals surface area contributed by atoms with Crippen LogP contribution in [-0.4, -0.2) is 49.9 Å². The van der Waals surface area contributed by atoms with Crippen molar-refractivity contribution in [1.82, 2.24) is 10.6 Å². The molecule has 0 radical (unpaired) electrons. The number of nitrogens with one attached hydrogen (secondary N) is 2. The zero-order valence-corrected chi connectivity index (χ0v) is 20.2. The number of esters is 1. The van der Waals surface area contributed by atoms with Gasteiger partial charge in [-0.2, -0.15) is 0 Å². The lowest BCUT2D eigenvalue weighted by atomic mass is 10.1. The van der Waals surface area contributed by atoms with Crippen molar-refractivity contribution in [3.05, 3.63) is 71.8 Å². The first kappa shape index (κ1) is 30.7. The van der Waals surface area contributed by atoms with Crippen LogP contribution < -0.4 is 27.8 Å². The smallest absolute Gasteiger partial charge is 0.404 e. The van der Waals surface area contributed by atoms with Gasteiger partial charge in [-0.3, -0.25) is 0 Å². The Morgan fingerprint density at radius 2 is 1.23 bits per heavy atom. The van der Waals surface area contributed by atoms with E-state index < -0.39 is 30.2 Å². The maximum atomic E-state index is 11.4. The fourth-order valence-electron chi connectivity index (χ4n) is 2.79. The fraction of sp³-hybridized carbons (Fsp3) is 0.333. The number of ether oxygens (including phenoxy) is 2. The highest BCUT2D eigenvalue weighted by molar-refractivity contribution is 5.82. The average Bonchev–Trinajstić information content (AvgIpc) is 2.84. The van der Waals surface area contributed by atoms with E-state index in [2.05, 4.69) is 20.1 Å². The van der Waals surface area contributed by atoms with Crippen LogP contribution in [0.25, 0.3) is 0 Å². The second-order valence-electron chi connectivity index (χ2n) is 6.80. The molecule has 2 atom stereocenters. The van der Waals surface area contributed by atoms with Crippen molar-refractivity contribution in [3.63, 3.8) is 0 Å². The predicted molar refractivity (Wildman–Crippen MR) is 132 cm³/mol. The zero-order chi connectivity index (χ0) is 26.6. The Morgan fingerprint density at radius 1 is 0.771 bits per heavy atom. The second kappa shape index (κ2) is 18.2. The molecule has 0 heterocycles. The molecule has 0 aromatic heterocycles. The molecule has 8 N–H and O–H groups in total. The lowest BCUT2D eigenvalue weighted by Crippen LogP contribution is -2.45. The summed E-state index contributed by atoms with van der Waals surface area (Å²) in [4.78, 5) is 43.4. The molecule has 0 aliphatic heterocycles. The number of hydrogen-bond acceptors (Lipinski definition) is 6. The largest absolute Gasteiger partial charge is 0.467 e. The number of benzene rings is 2. The summed E-state index contributed by atoms with van der Waals surface area (Å²) in [6, 6.07) is 16.2. The predicted octanol–water partition coefficient (Wildman–Crippen LogP) is 1.83. The van der Waals surface area contributed by atoms with Crippen LogP contribution in [0.3, 0.4) is 0 Å². The number of primary amides is 3. The number of hydrogen-bond donors (Lipinski definition) is 5. The van der Waals surface area contributed by atoms with Crippen molar-refractivity contribution in [1.29, 1.82) is 0 Å². The van der Waals surface area contributed by atoms with Gasteiger partial charge in [0.05, 0.1) is 13.2 Å². The van der Waals surface area contributed by atoms with E-state index in [1.54, 1.807) is 0 Å². The molecule has 0 saturated heterocycles. The molecule has 11 nitrogen and oxygen atoms in total. The summed E-state index contributed by atoms with van der Waals surface area (Å²) >= 11 is 0. The minimum Gasteiger partial charge on any atom is -0.467 e. The molecule has 2 rings (SSSR count). The second-order valence-corrected chi connectivity index (χ2v) is 6.80. The van der Waals surface area contributed by atoms with Gasteiger partial charge >= 0.3 is 24.1 Å². The monoisotopic (exact) mass is 489 g/mol. The van der Waals surface area contributed by atoms with Gasteiger partial charge in [0.2, 0.25) is 0 Å². The quantitative estimate of drug-likeness (QED) is 0.334. The van der Waals surface area contributed by atoms with Crippen LogP contribution in [0.4, 0.5) is 14.4 Å². The SMILES string of the molecule is CC.COC(=O)[C@@H](Cc1ccccc1)NC(N)=O.NC(=O)N[C@@H](COC(N)=O)Cc1ccccc1. The molecule has 0 bridgehead atoms. The fourth-order valence-corrected chi connectivity index (χ4v) is 2.79. The average molecular weight is 490 g/mol. The first-order valence-corrected chi connectivity index (χ1v) is 10.9. The minimum absolute atomic E-state index is 0.00678. The Balaban J connectivity index is 0.000000618. The van der Waals surface area contributed by atoms with Gasteiger partial charge in [-0.1, -0.05) is 74.5 Å². The molecule has 2 aromatic rings. The van der Waals surface area contributed by atoms with Crippen LogP contribution in [-0.2, 0) is 27.1 Å². The van der Waals surface area contributed by atoms with E-state index in [-0.39, 0.29) is 12.6 Å². The molecular formula is C24H35N5O6. The van der Waals surface area contributed by atoms with Crippen molar-refractivity contribution in [2.45, 2.75) is 38.8 Å². The third-order valence-electron chi connectivity index (χ3n) is 4.18. The first-order valence-electron chi connectivity index (χ1n) is 10.9. The molecular weight excluding hydrogens is 454 g/mol. The van der Waals surface area contributed by atoms with Gasteiger partial charge in [0.25, 0.3) is 0 Å². The molecule has 0 spiro atoms. The normalized spacial score (nSPS) is 11.1. The molecule has 0 saturated carbocycles. The molecule has 0 unspecified atom stereocenters. The molecule has 192 valence electrons. The first-order chi connectivity index (χ1) is 16.7. The van der Waals surface area contributed by atoms with Crippen LogP contribution in [0, 0.1) is 0 Å². The van der Waals surface area contributed by atoms with E-state index in [1.807, 2.05) is 74.5 Å². The van der Waals surface area contributed by atoms with Gasteiger partial charge in [-0.05, 0) is 17.5 Å². The number of carbonyl (C=O) groups is 4.